The maximum absolute atomic E-state index is 11.6. The highest BCUT2D eigenvalue weighted by molar-refractivity contribution is 6.74. The molecule has 2 heterocycles. The van der Waals surface area contributed by atoms with Crippen molar-refractivity contribution in [2.75, 3.05) is 7.11 Å². The molecule has 1 aliphatic carbocycles. The molecule has 104 valence electrons. The van der Waals surface area contributed by atoms with Crippen LogP contribution in [0.15, 0.2) is 0 Å². The molecule has 2 bridgehead atoms. The zero-order valence-electron chi connectivity index (χ0n) is 12.2. The Morgan fingerprint density at radius 2 is 1.94 bits per heavy atom. The number of carbonyl (C=O) groups excluding carboxylic acids is 1. The standard InChI is InChI=1S/C13H25NO3Si/c1-13(2,3)18(5,6)17-11-8-7-9(11)14-10(8)12(15)16-4/h8-11,14H,7H2,1-6H3/t8-,9-,10-,11+/m1/s1. The van der Waals surface area contributed by atoms with E-state index in [1.165, 1.54) is 7.11 Å². The minimum absolute atomic E-state index is 0.149. The number of hydrogen-bond donors (Lipinski definition) is 1. The first-order valence-corrected chi connectivity index (χ1v) is 9.60. The summed E-state index contributed by atoms with van der Waals surface area (Å²) in [6.07, 6.45) is 1.24. The molecule has 4 nitrogen and oxygen atoms in total. The quantitative estimate of drug-likeness (QED) is 0.629. The molecule has 2 saturated heterocycles. The topological polar surface area (TPSA) is 47.6 Å². The molecule has 0 amide bonds. The largest absolute Gasteiger partial charge is 0.468 e. The monoisotopic (exact) mass is 271 g/mol. The second kappa shape index (κ2) is 4.32. The fourth-order valence-corrected chi connectivity index (χ4v) is 3.94. The minimum Gasteiger partial charge on any atom is -0.468 e. The van der Waals surface area contributed by atoms with Gasteiger partial charge in [0.25, 0.3) is 0 Å². The van der Waals surface area contributed by atoms with Crippen molar-refractivity contribution in [2.24, 2.45) is 5.92 Å². The Morgan fingerprint density at radius 3 is 2.44 bits per heavy atom. The van der Waals surface area contributed by atoms with Crippen molar-refractivity contribution in [1.29, 1.82) is 0 Å². The maximum Gasteiger partial charge on any atom is 0.323 e. The molecule has 18 heavy (non-hydrogen) atoms. The summed E-state index contributed by atoms with van der Waals surface area (Å²) in [5.74, 6) is 0.153. The lowest BCUT2D eigenvalue weighted by Crippen LogP contribution is -2.53. The predicted molar refractivity (Wildman–Crippen MR) is 72.9 cm³/mol. The van der Waals surface area contributed by atoms with Crippen molar-refractivity contribution in [2.45, 2.75) is 63.5 Å². The second-order valence-electron chi connectivity index (χ2n) is 7.02. The van der Waals surface area contributed by atoms with Crippen molar-refractivity contribution in [3.05, 3.63) is 0 Å². The van der Waals surface area contributed by atoms with Crippen LogP contribution in [0.5, 0.6) is 0 Å². The van der Waals surface area contributed by atoms with E-state index in [-0.39, 0.29) is 23.2 Å². The van der Waals surface area contributed by atoms with Gasteiger partial charge in [0.15, 0.2) is 8.32 Å². The van der Waals surface area contributed by atoms with Gasteiger partial charge >= 0.3 is 5.97 Å². The zero-order chi connectivity index (χ0) is 13.7. The minimum atomic E-state index is -1.75. The third kappa shape index (κ3) is 2.12. The lowest BCUT2D eigenvalue weighted by molar-refractivity contribution is -0.144. The molecule has 1 N–H and O–H groups in total. The molecule has 2 aliphatic heterocycles. The first-order valence-electron chi connectivity index (χ1n) is 6.69. The lowest BCUT2D eigenvalue weighted by Gasteiger charge is -2.45. The van der Waals surface area contributed by atoms with E-state index in [0.717, 1.165) is 6.42 Å². The highest BCUT2D eigenvalue weighted by Crippen LogP contribution is 2.46. The van der Waals surface area contributed by atoms with E-state index in [1.807, 2.05) is 0 Å². The van der Waals surface area contributed by atoms with Gasteiger partial charge in [-0.25, -0.2) is 0 Å². The first kappa shape index (κ1) is 14.0. The van der Waals surface area contributed by atoms with Gasteiger partial charge in [0, 0.05) is 12.0 Å². The molecule has 0 radical (unpaired) electrons. The van der Waals surface area contributed by atoms with Gasteiger partial charge in [0.2, 0.25) is 0 Å². The Kier molecular flexibility index (Phi) is 3.36. The molecular weight excluding hydrogens is 246 g/mol. The third-order valence-electron chi connectivity index (χ3n) is 4.86. The van der Waals surface area contributed by atoms with E-state index in [4.69, 9.17) is 9.16 Å². The summed E-state index contributed by atoms with van der Waals surface area (Å²) >= 11 is 0. The number of fused-ring (bicyclic) bond motifs is 1. The van der Waals surface area contributed by atoms with Gasteiger partial charge in [-0.15, -0.1) is 0 Å². The summed E-state index contributed by atoms with van der Waals surface area (Å²) < 4.78 is 11.3. The van der Waals surface area contributed by atoms with Crippen LogP contribution in [-0.4, -0.2) is 39.6 Å². The second-order valence-corrected chi connectivity index (χ2v) is 11.8. The summed E-state index contributed by atoms with van der Waals surface area (Å²) in [6.45, 7) is 11.2. The van der Waals surface area contributed by atoms with Gasteiger partial charge < -0.3 is 9.16 Å². The number of ether oxygens (including phenoxy) is 1. The van der Waals surface area contributed by atoms with Crippen LogP contribution in [-0.2, 0) is 14.0 Å². The van der Waals surface area contributed by atoms with Crippen molar-refractivity contribution < 1.29 is 14.0 Å². The van der Waals surface area contributed by atoms with Crippen LogP contribution < -0.4 is 5.32 Å². The van der Waals surface area contributed by atoms with E-state index in [0.29, 0.717) is 12.0 Å². The van der Waals surface area contributed by atoms with Crippen LogP contribution in [0, 0.1) is 5.92 Å². The molecule has 3 aliphatic rings. The average molecular weight is 271 g/mol. The van der Waals surface area contributed by atoms with Crippen LogP contribution >= 0.6 is 0 Å². The predicted octanol–water partition coefficient (Wildman–Crippen LogP) is 1.91. The van der Waals surface area contributed by atoms with Crippen LogP contribution in [0.25, 0.3) is 0 Å². The average Bonchev–Trinajstić information content (AvgIpc) is 2.81. The number of rotatable bonds is 3. The summed E-state index contributed by atoms with van der Waals surface area (Å²) in [5, 5.41) is 3.54. The van der Waals surface area contributed by atoms with E-state index in [2.05, 4.69) is 39.2 Å². The normalized spacial score (nSPS) is 35.2. The van der Waals surface area contributed by atoms with Crippen molar-refractivity contribution in [1.82, 2.24) is 5.32 Å². The molecular formula is C13H25NO3Si. The Hall–Kier alpha value is -0.393. The summed E-state index contributed by atoms with van der Waals surface area (Å²) in [5.41, 5.74) is 0. The number of nitrogens with one attached hydrogen (secondary N) is 1. The molecule has 1 saturated carbocycles. The fourth-order valence-electron chi connectivity index (χ4n) is 2.56. The third-order valence-corrected chi connectivity index (χ3v) is 9.33. The number of hydrogen-bond acceptors (Lipinski definition) is 4. The smallest absolute Gasteiger partial charge is 0.323 e. The van der Waals surface area contributed by atoms with Gasteiger partial charge in [-0.3, -0.25) is 10.1 Å². The van der Waals surface area contributed by atoms with Crippen LogP contribution in [0.4, 0.5) is 0 Å². The molecule has 4 atom stereocenters. The molecule has 0 aromatic rings. The first-order chi connectivity index (χ1) is 8.17. The SMILES string of the molecule is COC(=O)[C@@H]1N[C@@H]2C[C@H]1[C@@H]2O[Si](C)(C)C(C)(C)C. The summed E-state index contributed by atoms with van der Waals surface area (Å²) in [6, 6.07) is 0.183. The molecule has 3 rings (SSSR count). The molecule has 0 aromatic heterocycles. The van der Waals surface area contributed by atoms with Crippen molar-refractivity contribution >= 4 is 14.3 Å². The molecule has 0 aromatic carbocycles. The fraction of sp³-hybridized carbons (Fsp3) is 0.923. The summed E-state index contributed by atoms with van der Waals surface area (Å²) in [4.78, 5) is 11.6. The van der Waals surface area contributed by atoms with E-state index in [1.54, 1.807) is 0 Å². The summed E-state index contributed by atoms with van der Waals surface area (Å²) in [7, 11) is -0.300. The van der Waals surface area contributed by atoms with E-state index < -0.39 is 8.32 Å². The number of esters is 1. The van der Waals surface area contributed by atoms with Gasteiger partial charge in [-0.05, 0) is 24.6 Å². The molecule has 5 heteroatoms. The van der Waals surface area contributed by atoms with Crippen LogP contribution in [0.1, 0.15) is 27.2 Å². The highest BCUT2D eigenvalue weighted by atomic mass is 28.4. The maximum atomic E-state index is 11.6. The Bertz CT molecular complexity index is 351. The Morgan fingerprint density at radius 1 is 1.33 bits per heavy atom. The molecule has 0 spiro atoms. The Balaban J connectivity index is 2.01. The molecule has 0 unspecified atom stereocenters. The molecule has 3 fully saturated rings. The number of methoxy groups -OCH3 is 1. The van der Waals surface area contributed by atoms with Crippen molar-refractivity contribution in [3.8, 4) is 0 Å². The van der Waals surface area contributed by atoms with Crippen LogP contribution in [0.3, 0.4) is 0 Å². The van der Waals surface area contributed by atoms with Gasteiger partial charge in [-0.1, -0.05) is 20.8 Å². The lowest BCUT2D eigenvalue weighted by atomic mass is 9.79. The van der Waals surface area contributed by atoms with E-state index in [9.17, 15) is 4.79 Å². The van der Waals surface area contributed by atoms with Gasteiger partial charge in [0.05, 0.1) is 13.2 Å². The van der Waals surface area contributed by atoms with Crippen molar-refractivity contribution in [3.63, 3.8) is 0 Å². The highest BCUT2D eigenvalue weighted by Gasteiger charge is 2.58. The number of carbonyl (C=O) groups is 1. The van der Waals surface area contributed by atoms with E-state index >= 15 is 0 Å². The Labute approximate surface area is 111 Å². The van der Waals surface area contributed by atoms with Gasteiger partial charge in [-0.2, -0.15) is 0 Å². The van der Waals surface area contributed by atoms with Crippen LogP contribution in [0.2, 0.25) is 18.1 Å². The zero-order valence-corrected chi connectivity index (χ0v) is 13.2. The van der Waals surface area contributed by atoms with Gasteiger partial charge in [0.1, 0.15) is 6.04 Å².